The smallest absolute Gasteiger partial charge is 0.358 e. The molecule has 0 bridgehead atoms. The molecule has 0 radical (unpaired) electrons. The zero-order valence-electron chi connectivity index (χ0n) is 13.6. The second-order valence-electron chi connectivity index (χ2n) is 5.19. The molecule has 0 aliphatic carbocycles. The quantitative estimate of drug-likeness (QED) is 0.686. The van der Waals surface area contributed by atoms with Crippen molar-refractivity contribution in [3.63, 3.8) is 0 Å². The van der Waals surface area contributed by atoms with E-state index in [0.29, 0.717) is 5.13 Å². The zero-order chi connectivity index (χ0) is 17.8. The van der Waals surface area contributed by atoms with Crippen LogP contribution in [0.2, 0.25) is 0 Å². The van der Waals surface area contributed by atoms with E-state index in [1.54, 1.807) is 5.38 Å². The van der Waals surface area contributed by atoms with Crippen LogP contribution >= 0.6 is 22.7 Å². The molecule has 3 aromatic rings. The number of amides is 1. The summed E-state index contributed by atoms with van der Waals surface area (Å²) in [6, 6.07) is 9.86. The zero-order valence-corrected chi connectivity index (χ0v) is 15.2. The number of nitrogens with zero attached hydrogens (tertiary/aromatic N) is 2. The first-order valence-corrected chi connectivity index (χ1v) is 9.14. The molecule has 0 unspecified atom stereocenters. The summed E-state index contributed by atoms with van der Waals surface area (Å²) in [5, 5.41) is 5.36. The maximum absolute atomic E-state index is 12.1. The maximum Gasteiger partial charge on any atom is 0.358 e. The summed E-state index contributed by atoms with van der Waals surface area (Å²) in [6.07, 6.45) is 0. The summed E-state index contributed by atoms with van der Waals surface area (Å²) in [5.74, 6) is -0.759. The molecule has 0 saturated heterocycles. The van der Waals surface area contributed by atoms with Crippen molar-refractivity contribution in [1.29, 1.82) is 0 Å². The lowest BCUT2D eigenvalue weighted by molar-refractivity contribution is -0.114. The van der Waals surface area contributed by atoms with E-state index in [2.05, 4.69) is 15.3 Å². The number of anilines is 1. The Morgan fingerprint density at radius 2 is 1.96 bits per heavy atom. The fourth-order valence-electron chi connectivity index (χ4n) is 2.05. The molecule has 1 aromatic carbocycles. The number of carbonyl (C=O) groups excluding carboxylic acids is 2. The van der Waals surface area contributed by atoms with E-state index in [9.17, 15) is 9.59 Å². The predicted molar refractivity (Wildman–Crippen MR) is 97.8 cm³/mol. The molecule has 0 aliphatic rings. The lowest BCUT2D eigenvalue weighted by Crippen LogP contribution is -2.08. The van der Waals surface area contributed by atoms with Crippen LogP contribution in [-0.2, 0) is 16.1 Å². The fraction of sp³-hybridized carbons (Fsp3) is 0.176. The maximum atomic E-state index is 12.1. The van der Waals surface area contributed by atoms with Crippen molar-refractivity contribution in [3.05, 3.63) is 52.0 Å². The van der Waals surface area contributed by atoms with Crippen LogP contribution in [0.1, 0.15) is 28.0 Å². The summed E-state index contributed by atoms with van der Waals surface area (Å²) in [5.41, 5.74) is 2.06. The minimum atomic E-state index is -0.526. The second kappa shape index (κ2) is 7.54. The van der Waals surface area contributed by atoms with Crippen LogP contribution in [0.15, 0.2) is 35.7 Å². The molecular weight excluding hydrogens is 358 g/mol. The molecule has 0 atom stereocenters. The van der Waals surface area contributed by atoms with Crippen LogP contribution in [0.5, 0.6) is 0 Å². The van der Waals surface area contributed by atoms with Crippen LogP contribution < -0.4 is 5.32 Å². The molecule has 3 rings (SSSR count). The second-order valence-corrected chi connectivity index (χ2v) is 7.13. The molecule has 6 nitrogen and oxygen atoms in total. The molecular formula is C17H15N3O3S2. The summed E-state index contributed by atoms with van der Waals surface area (Å²) in [7, 11) is 0. The highest BCUT2D eigenvalue weighted by molar-refractivity contribution is 7.15. The summed E-state index contributed by atoms with van der Waals surface area (Å²) in [4.78, 5) is 32.6. The number of benzene rings is 1. The van der Waals surface area contributed by atoms with Crippen LogP contribution in [0.3, 0.4) is 0 Å². The Bertz CT molecular complexity index is 903. The Morgan fingerprint density at radius 1 is 1.20 bits per heavy atom. The number of nitrogens with one attached hydrogen (secondary N) is 1. The van der Waals surface area contributed by atoms with Crippen molar-refractivity contribution in [2.45, 2.75) is 20.5 Å². The molecule has 128 valence electrons. The van der Waals surface area contributed by atoms with Crippen molar-refractivity contribution in [2.24, 2.45) is 0 Å². The Kier molecular flexibility index (Phi) is 5.20. The van der Waals surface area contributed by atoms with Gasteiger partial charge >= 0.3 is 5.97 Å². The highest BCUT2D eigenvalue weighted by atomic mass is 32.1. The van der Waals surface area contributed by atoms with Gasteiger partial charge in [0.2, 0.25) is 5.91 Å². The van der Waals surface area contributed by atoms with Gasteiger partial charge in [0.05, 0.1) is 10.6 Å². The van der Waals surface area contributed by atoms with E-state index >= 15 is 0 Å². The van der Waals surface area contributed by atoms with E-state index in [-0.39, 0.29) is 18.2 Å². The number of esters is 1. The number of carbonyl (C=O) groups is 2. The monoisotopic (exact) mass is 373 g/mol. The minimum absolute atomic E-state index is 0.141. The topological polar surface area (TPSA) is 81.2 Å². The predicted octanol–water partition coefficient (Wildman–Crippen LogP) is 3.89. The number of rotatable bonds is 5. The summed E-state index contributed by atoms with van der Waals surface area (Å²) in [6.45, 7) is 3.42. The lowest BCUT2D eigenvalue weighted by Gasteiger charge is -2.01. The van der Waals surface area contributed by atoms with E-state index in [0.717, 1.165) is 21.1 Å². The van der Waals surface area contributed by atoms with Gasteiger partial charge in [0.25, 0.3) is 0 Å². The van der Waals surface area contributed by atoms with Gasteiger partial charge in [-0.25, -0.2) is 14.8 Å². The highest BCUT2D eigenvalue weighted by Crippen LogP contribution is 2.28. The van der Waals surface area contributed by atoms with Crippen LogP contribution in [0.4, 0.5) is 5.13 Å². The van der Waals surface area contributed by atoms with E-state index in [1.807, 2.05) is 37.3 Å². The van der Waals surface area contributed by atoms with Crippen molar-refractivity contribution in [3.8, 4) is 10.6 Å². The molecule has 2 heterocycles. The number of aromatic nitrogens is 2. The van der Waals surface area contributed by atoms with Gasteiger partial charge in [-0.1, -0.05) is 30.3 Å². The van der Waals surface area contributed by atoms with Crippen molar-refractivity contribution >= 4 is 39.7 Å². The Hall–Kier alpha value is -2.58. The minimum Gasteiger partial charge on any atom is -0.455 e. The van der Waals surface area contributed by atoms with E-state index in [4.69, 9.17) is 4.74 Å². The van der Waals surface area contributed by atoms with Gasteiger partial charge in [-0.3, -0.25) is 4.79 Å². The number of hydrogen-bond donors (Lipinski definition) is 1. The van der Waals surface area contributed by atoms with E-state index < -0.39 is 5.97 Å². The third-order valence-electron chi connectivity index (χ3n) is 3.24. The largest absolute Gasteiger partial charge is 0.455 e. The number of thiazole rings is 2. The number of hydrogen-bond acceptors (Lipinski definition) is 7. The number of ether oxygens (including phenoxy) is 1. The van der Waals surface area contributed by atoms with Gasteiger partial charge in [-0.2, -0.15) is 0 Å². The highest BCUT2D eigenvalue weighted by Gasteiger charge is 2.15. The molecule has 8 heteroatoms. The Labute approximate surface area is 152 Å². The van der Waals surface area contributed by atoms with E-state index in [1.165, 1.54) is 29.6 Å². The normalized spacial score (nSPS) is 10.5. The van der Waals surface area contributed by atoms with Gasteiger partial charge < -0.3 is 10.1 Å². The molecule has 0 spiro atoms. The molecule has 0 aliphatic heterocycles. The summed E-state index contributed by atoms with van der Waals surface area (Å²) < 4.78 is 5.33. The van der Waals surface area contributed by atoms with Crippen LogP contribution in [0, 0.1) is 6.92 Å². The average molecular weight is 373 g/mol. The number of aryl methyl sites for hydroxylation is 1. The lowest BCUT2D eigenvalue weighted by atomic mass is 10.2. The van der Waals surface area contributed by atoms with Crippen molar-refractivity contribution in [2.75, 3.05) is 5.32 Å². The molecule has 25 heavy (non-hydrogen) atoms. The molecule has 1 N–H and O–H groups in total. The molecule has 2 aromatic heterocycles. The first-order chi connectivity index (χ1) is 12.0. The third-order valence-corrected chi connectivity index (χ3v) is 5.18. The van der Waals surface area contributed by atoms with Crippen molar-refractivity contribution < 1.29 is 14.3 Å². The molecule has 1 amide bonds. The van der Waals surface area contributed by atoms with Gasteiger partial charge in [0.1, 0.15) is 11.6 Å². The van der Waals surface area contributed by atoms with Gasteiger partial charge in [-0.05, 0) is 6.92 Å². The van der Waals surface area contributed by atoms with Crippen molar-refractivity contribution in [1.82, 2.24) is 9.97 Å². The van der Waals surface area contributed by atoms with Crippen LogP contribution in [-0.4, -0.2) is 21.8 Å². The first kappa shape index (κ1) is 17.2. The summed E-state index contributed by atoms with van der Waals surface area (Å²) >= 11 is 2.68. The molecule has 0 saturated carbocycles. The fourth-order valence-corrected chi connectivity index (χ4v) is 3.75. The Morgan fingerprint density at radius 3 is 2.68 bits per heavy atom. The molecule has 0 fully saturated rings. The average Bonchev–Trinajstić information content (AvgIpc) is 3.20. The van der Waals surface area contributed by atoms with Crippen LogP contribution in [0.25, 0.3) is 10.6 Å². The van der Waals surface area contributed by atoms with Gasteiger partial charge in [0, 0.05) is 17.9 Å². The SMILES string of the molecule is CC(=O)Nc1nc(C(=O)OCc2sc(-c3ccccc3)nc2C)cs1. The third kappa shape index (κ3) is 4.28. The van der Waals surface area contributed by atoms with Gasteiger partial charge in [0.15, 0.2) is 10.8 Å². The first-order valence-electron chi connectivity index (χ1n) is 7.45. The Balaban J connectivity index is 1.65. The van der Waals surface area contributed by atoms with Gasteiger partial charge in [-0.15, -0.1) is 22.7 Å². The standard InChI is InChI=1S/C17H15N3O3S2/c1-10-14(25-15(18-10)12-6-4-3-5-7-12)8-23-16(22)13-9-24-17(20-13)19-11(2)21/h3-7,9H,8H2,1-2H3,(H,19,20,21).